The first kappa shape index (κ1) is 15.4. The molecule has 1 N–H and O–H groups in total. The molecule has 1 saturated carbocycles. The van der Waals surface area contributed by atoms with E-state index in [4.69, 9.17) is 0 Å². The lowest BCUT2D eigenvalue weighted by atomic mass is 10.4. The lowest BCUT2D eigenvalue weighted by Gasteiger charge is -2.13. The molecule has 1 aromatic heterocycles. The van der Waals surface area contributed by atoms with Gasteiger partial charge in [-0.2, -0.15) is 13.2 Å². The summed E-state index contributed by atoms with van der Waals surface area (Å²) in [5.41, 5.74) is -0.869. The molecule has 0 unspecified atom stereocenters. The lowest BCUT2D eigenvalue weighted by molar-refractivity contribution is -0.141. The molecule has 20 heavy (non-hydrogen) atoms. The molecule has 0 bridgehead atoms. The number of alkyl halides is 3. The summed E-state index contributed by atoms with van der Waals surface area (Å²) in [7, 11) is 0. The molecule has 3 nitrogen and oxygen atoms in total. The van der Waals surface area contributed by atoms with Crippen molar-refractivity contribution in [1.29, 1.82) is 0 Å². The van der Waals surface area contributed by atoms with Crippen LogP contribution in [0.3, 0.4) is 0 Å². The van der Waals surface area contributed by atoms with Crippen molar-refractivity contribution < 1.29 is 13.2 Å². The van der Waals surface area contributed by atoms with E-state index in [1.165, 1.54) is 11.8 Å². The maximum atomic E-state index is 12.9. The monoisotopic (exact) mass is 305 g/mol. The average Bonchev–Trinajstić information content (AvgIpc) is 2.88. The molecular formula is C13H18F3N3S. The fraction of sp³-hybridized carbons (Fsp3) is 0.692. The second kappa shape index (κ2) is 6.65. The number of halogens is 3. The Hall–Kier alpha value is -0.980. The van der Waals surface area contributed by atoms with E-state index in [2.05, 4.69) is 15.3 Å². The molecule has 7 heteroatoms. The van der Waals surface area contributed by atoms with Crippen LogP contribution in [0.5, 0.6) is 0 Å². The number of thioether (sulfide) groups is 1. The zero-order valence-corrected chi connectivity index (χ0v) is 12.2. The largest absolute Gasteiger partial charge is 0.433 e. The zero-order valence-electron chi connectivity index (χ0n) is 11.3. The van der Waals surface area contributed by atoms with Crippen molar-refractivity contribution in [3.8, 4) is 0 Å². The highest BCUT2D eigenvalue weighted by Crippen LogP contribution is 2.36. The van der Waals surface area contributed by atoms with E-state index in [0.29, 0.717) is 16.8 Å². The normalized spacial score (nSPS) is 16.6. The Bertz CT molecular complexity index is 445. The van der Waals surface area contributed by atoms with Gasteiger partial charge >= 0.3 is 6.18 Å². The highest BCUT2D eigenvalue weighted by molar-refractivity contribution is 7.99. The molecule has 0 amide bonds. The predicted molar refractivity (Wildman–Crippen MR) is 73.9 cm³/mol. The van der Waals surface area contributed by atoms with Gasteiger partial charge in [0.1, 0.15) is 5.03 Å². The lowest BCUT2D eigenvalue weighted by Crippen LogP contribution is -2.13. The van der Waals surface area contributed by atoms with Gasteiger partial charge < -0.3 is 5.32 Å². The van der Waals surface area contributed by atoms with E-state index in [1.54, 1.807) is 0 Å². The van der Waals surface area contributed by atoms with Crippen LogP contribution in [0, 0.1) is 0 Å². The topological polar surface area (TPSA) is 37.8 Å². The Morgan fingerprint density at radius 2 is 2.00 bits per heavy atom. The minimum atomic E-state index is -4.43. The van der Waals surface area contributed by atoms with Crippen LogP contribution in [-0.2, 0) is 6.18 Å². The zero-order chi connectivity index (χ0) is 14.6. The van der Waals surface area contributed by atoms with Crippen molar-refractivity contribution >= 4 is 17.7 Å². The summed E-state index contributed by atoms with van der Waals surface area (Å²) >= 11 is 1.44. The third kappa shape index (κ3) is 4.26. The van der Waals surface area contributed by atoms with Gasteiger partial charge in [0, 0.05) is 17.9 Å². The standard InChI is InChI=1S/C13H18F3N3S/c1-2-7-17-12-18-10(13(14,15)16)8-11(19-12)20-9-5-3-4-6-9/h8-9H,2-7H2,1H3,(H,17,18,19). The Morgan fingerprint density at radius 3 is 2.60 bits per heavy atom. The van der Waals surface area contributed by atoms with Gasteiger partial charge in [-0.1, -0.05) is 19.8 Å². The van der Waals surface area contributed by atoms with E-state index in [1.807, 2.05) is 6.92 Å². The summed E-state index contributed by atoms with van der Waals surface area (Å²) in [5.74, 6) is 0.0715. The number of anilines is 1. The third-order valence-electron chi connectivity index (χ3n) is 3.12. The van der Waals surface area contributed by atoms with Gasteiger partial charge in [-0.05, 0) is 19.3 Å². The summed E-state index contributed by atoms with van der Waals surface area (Å²) in [5, 5.41) is 3.63. The van der Waals surface area contributed by atoms with Crippen LogP contribution in [0.15, 0.2) is 11.1 Å². The maximum absolute atomic E-state index is 12.9. The molecule has 0 aliphatic heterocycles. The van der Waals surface area contributed by atoms with Gasteiger partial charge in [0.25, 0.3) is 0 Å². The molecule has 0 radical (unpaired) electrons. The SMILES string of the molecule is CCCNc1nc(SC2CCCC2)cc(C(F)(F)F)n1. The number of aromatic nitrogens is 2. The van der Waals surface area contributed by atoms with Crippen LogP contribution in [-0.4, -0.2) is 21.8 Å². The van der Waals surface area contributed by atoms with Crippen molar-refractivity contribution in [1.82, 2.24) is 9.97 Å². The first-order valence-corrected chi connectivity index (χ1v) is 7.74. The molecule has 0 spiro atoms. The van der Waals surface area contributed by atoms with E-state index in [9.17, 15) is 13.2 Å². The quantitative estimate of drug-likeness (QED) is 0.821. The maximum Gasteiger partial charge on any atom is 0.433 e. The van der Waals surface area contributed by atoms with Crippen molar-refractivity contribution in [2.24, 2.45) is 0 Å². The smallest absolute Gasteiger partial charge is 0.354 e. The fourth-order valence-corrected chi connectivity index (χ4v) is 3.35. The third-order valence-corrected chi connectivity index (χ3v) is 4.37. The first-order valence-electron chi connectivity index (χ1n) is 6.86. The molecule has 0 aromatic carbocycles. The highest BCUT2D eigenvalue weighted by atomic mass is 32.2. The van der Waals surface area contributed by atoms with Crippen molar-refractivity contribution in [3.63, 3.8) is 0 Å². The second-order valence-electron chi connectivity index (χ2n) is 4.86. The number of hydrogen-bond acceptors (Lipinski definition) is 4. The van der Waals surface area contributed by atoms with Crippen LogP contribution in [0.4, 0.5) is 19.1 Å². The Labute approximate surface area is 120 Å². The molecule has 1 aliphatic carbocycles. The van der Waals surface area contributed by atoms with Gasteiger partial charge in [0.05, 0.1) is 0 Å². The van der Waals surface area contributed by atoms with Gasteiger partial charge in [-0.3, -0.25) is 0 Å². The number of rotatable bonds is 5. The summed E-state index contributed by atoms with van der Waals surface area (Å²) in [4.78, 5) is 7.74. The van der Waals surface area contributed by atoms with Crippen molar-refractivity contribution in [2.75, 3.05) is 11.9 Å². The molecule has 0 saturated heterocycles. The van der Waals surface area contributed by atoms with Crippen molar-refractivity contribution in [2.45, 2.75) is 55.5 Å². The molecule has 1 heterocycles. The average molecular weight is 305 g/mol. The van der Waals surface area contributed by atoms with Gasteiger partial charge in [0.2, 0.25) is 5.95 Å². The van der Waals surface area contributed by atoms with Crippen LogP contribution >= 0.6 is 11.8 Å². The van der Waals surface area contributed by atoms with Gasteiger partial charge in [-0.15, -0.1) is 11.8 Å². The van der Waals surface area contributed by atoms with Crippen LogP contribution in [0.2, 0.25) is 0 Å². The van der Waals surface area contributed by atoms with Crippen molar-refractivity contribution in [3.05, 3.63) is 11.8 Å². The summed E-state index contributed by atoms with van der Waals surface area (Å²) < 4.78 is 38.6. The minimum absolute atomic E-state index is 0.0715. The Morgan fingerprint density at radius 1 is 1.30 bits per heavy atom. The van der Waals surface area contributed by atoms with Gasteiger partial charge in [0.15, 0.2) is 5.69 Å². The molecule has 0 atom stereocenters. The number of nitrogens with zero attached hydrogens (tertiary/aromatic N) is 2. The van der Waals surface area contributed by atoms with E-state index in [-0.39, 0.29) is 5.95 Å². The van der Waals surface area contributed by atoms with E-state index in [0.717, 1.165) is 38.2 Å². The fourth-order valence-electron chi connectivity index (χ4n) is 2.12. The summed E-state index contributed by atoms with van der Waals surface area (Å²) in [6.45, 7) is 2.50. The summed E-state index contributed by atoms with van der Waals surface area (Å²) in [6.07, 6.45) is 0.772. The Kier molecular flexibility index (Phi) is 5.12. The van der Waals surface area contributed by atoms with E-state index >= 15 is 0 Å². The number of nitrogens with one attached hydrogen (secondary N) is 1. The Balaban J connectivity index is 2.19. The molecule has 1 fully saturated rings. The molecule has 1 aromatic rings. The molecule has 2 rings (SSSR count). The molecule has 1 aliphatic rings. The van der Waals surface area contributed by atoms with Crippen LogP contribution in [0.1, 0.15) is 44.7 Å². The van der Waals surface area contributed by atoms with Crippen LogP contribution in [0.25, 0.3) is 0 Å². The minimum Gasteiger partial charge on any atom is -0.354 e. The second-order valence-corrected chi connectivity index (χ2v) is 6.18. The molecular weight excluding hydrogens is 287 g/mol. The van der Waals surface area contributed by atoms with Crippen LogP contribution < -0.4 is 5.32 Å². The van der Waals surface area contributed by atoms with Gasteiger partial charge in [-0.25, -0.2) is 9.97 Å². The highest BCUT2D eigenvalue weighted by Gasteiger charge is 2.34. The molecule has 112 valence electrons. The van der Waals surface area contributed by atoms with E-state index < -0.39 is 11.9 Å². The number of hydrogen-bond donors (Lipinski definition) is 1. The summed E-state index contributed by atoms with van der Waals surface area (Å²) in [6, 6.07) is 1.06. The first-order chi connectivity index (χ1) is 9.49. The predicted octanol–water partition coefficient (Wildman–Crippen LogP) is 4.35.